The molecule has 2 N–H and O–H groups in total. The maximum atomic E-state index is 12.0. The summed E-state index contributed by atoms with van der Waals surface area (Å²) in [5.41, 5.74) is 1.15. The molecule has 1 aromatic heterocycles. The minimum atomic E-state index is -0.295. The molecule has 0 unspecified atom stereocenters. The number of rotatable bonds is 2. The van der Waals surface area contributed by atoms with Gasteiger partial charge in [0.05, 0.1) is 17.4 Å². The summed E-state index contributed by atoms with van der Waals surface area (Å²) >= 11 is 14.1. The van der Waals surface area contributed by atoms with Gasteiger partial charge in [-0.1, -0.05) is 23.7 Å². The third-order valence-corrected chi connectivity index (χ3v) is 3.45. The first-order valence-electron chi connectivity index (χ1n) is 5.54. The van der Waals surface area contributed by atoms with E-state index in [2.05, 4.69) is 31.5 Å². The SMILES string of the molecule is O=C(NC(=S)Nc1ccc(Cl)nc1)c1ccccc1Br. The molecular weight excluding hydrogens is 362 g/mol. The Kier molecular flexibility index (Phi) is 5.05. The van der Waals surface area contributed by atoms with E-state index in [1.807, 2.05) is 6.07 Å². The van der Waals surface area contributed by atoms with Crippen LogP contribution < -0.4 is 10.6 Å². The topological polar surface area (TPSA) is 54.0 Å². The average molecular weight is 371 g/mol. The summed E-state index contributed by atoms with van der Waals surface area (Å²) in [6.45, 7) is 0. The summed E-state index contributed by atoms with van der Waals surface area (Å²) < 4.78 is 0.702. The summed E-state index contributed by atoms with van der Waals surface area (Å²) in [6, 6.07) is 10.4. The number of nitrogens with one attached hydrogen (secondary N) is 2. The Morgan fingerprint density at radius 1 is 1.25 bits per heavy atom. The highest BCUT2D eigenvalue weighted by Gasteiger charge is 2.10. The summed E-state index contributed by atoms with van der Waals surface area (Å²) in [6.07, 6.45) is 1.53. The van der Waals surface area contributed by atoms with Gasteiger partial charge in [0, 0.05) is 4.47 Å². The van der Waals surface area contributed by atoms with E-state index in [4.69, 9.17) is 23.8 Å². The molecule has 0 spiro atoms. The van der Waals surface area contributed by atoms with Gasteiger partial charge in [0.15, 0.2) is 5.11 Å². The lowest BCUT2D eigenvalue weighted by Crippen LogP contribution is -2.34. The number of hydrogen-bond donors (Lipinski definition) is 2. The predicted octanol–water partition coefficient (Wildman–Crippen LogP) is 3.62. The molecule has 0 fully saturated rings. The molecule has 2 rings (SSSR count). The van der Waals surface area contributed by atoms with Gasteiger partial charge in [-0.05, 0) is 52.4 Å². The van der Waals surface area contributed by atoms with Crippen molar-refractivity contribution in [1.82, 2.24) is 10.3 Å². The van der Waals surface area contributed by atoms with E-state index in [0.717, 1.165) is 0 Å². The number of halogens is 2. The quantitative estimate of drug-likeness (QED) is 0.626. The number of anilines is 1. The predicted molar refractivity (Wildman–Crippen MR) is 87.1 cm³/mol. The van der Waals surface area contributed by atoms with Gasteiger partial charge >= 0.3 is 0 Å². The van der Waals surface area contributed by atoms with Gasteiger partial charge < -0.3 is 5.32 Å². The van der Waals surface area contributed by atoms with Crippen molar-refractivity contribution >= 4 is 56.5 Å². The molecule has 0 saturated heterocycles. The fourth-order valence-electron chi connectivity index (χ4n) is 1.43. The number of thiocarbonyl (C=S) groups is 1. The van der Waals surface area contributed by atoms with E-state index in [-0.39, 0.29) is 11.0 Å². The van der Waals surface area contributed by atoms with E-state index in [1.165, 1.54) is 6.20 Å². The van der Waals surface area contributed by atoms with Crippen molar-refractivity contribution in [3.63, 3.8) is 0 Å². The van der Waals surface area contributed by atoms with Crippen molar-refractivity contribution < 1.29 is 4.79 Å². The van der Waals surface area contributed by atoms with E-state index in [1.54, 1.807) is 30.3 Å². The molecule has 0 aliphatic heterocycles. The van der Waals surface area contributed by atoms with Crippen molar-refractivity contribution in [2.75, 3.05) is 5.32 Å². The number of benzene rings is 1. The highest BCUT2D eigenvalue weighted by Crippen LogP contribution is 2.15. The fourth-order valence-corrected chi connectivity index (χ4v) is 2.22. The Bertz CT molecular complexity index is 648. The van der Waals surface area contributed by atoms with Crippen LogP contribution >= 0.6 is 39.7 Å². The molecule has 1 aromatic carbocycles. The molecule has 2 aromatic rings. The molecule has 1 amide bonds. The Hall–Kier alpha value is -1.50. The van der Waals surface area contributed by atoms with Crippen LogP contribution in [0.25, 0.3) is 0 Å². The lowest BCUT2D eigenvalue weighted by Gasteiger charge is -2.10. The fraction of sp³-hybridized carbons (Fsp3) is 0. The molecule has 20 heavy (non-hydrogen) atoms. The standard InChI is InChI=1S/C13H9BrClN3OS/c14-10-4-2-1-3-9(10)12(19)18-13(20)17-8-5-6-11(15)16-7-8/h1-7H,(H2,17,18,19,20). The number of nitrogens with zero attached hydrogens (tertiary/aromatic N) is 1. The lowest BCUT2D eigenvalue weighted by molar-refractivity contribution is 0.0977. The van der Waals surface area contributed by atoms with Crippen molar-refractivity contribution in [2.45, 2.75) is 0 Å². The van der Waals surface area contributed by atoms with Crippen LogP contribution in [0.5, 0.6) is 0 Å². The monoisotopic (exact) mass is 369 g/mol. The summed E-state index contributed by atoms with van der Waals surface area (Å²) in [4.78, 5) is 15.9. The van der Waals surface area contributed by atoms with Gasteiger partial charge in [0.1, 0.15) is 5.15 Å². The number of carbonyl (C=O) groups is 1. The van der Waals surface area contributed by atoms with Gasteiger partial charge in [-0.25, -0.2) is 4.98 Å². The second-order valence-corrected chi connectivity index (χ2v) is 5.41. The zero-order chi connectivity index (χ0) is 14.5. The third kappa shape index (κ3) is 4.00. The largest absolute Gasteiger partial charge is 0.331 e. The van der Waals surface area contributed by atoms with E-state index < -0.39 is 0 Å². The van der Waals surface area contributed by atoms with E-state index in [0.29, 0.717) is 20.9 Å². The van der Waals surface area contributed by atoms with Crippen LogP contribution in [0.2, 0.25) is 5.15 Å². The maximum absolute atomic E-state index is 12.0. The Labute approximate surface area is 134 Å². The van der Waals surface area contributed by atoms with Crippen molar-refractivity contribution in [1.29, 1.82) is 0 Å². The molecule has 0 saturated carbocycles. The molecular formula is C13H9BrClN3OS. The van der Waals surface area contributed by atoms with Gasteiger partial charge in [0.2, 0.25) is 0 Å². The summed E-state index contributed by atoms with van der Waals surface area (Å²) in [7, 11) is 0. The lowest BCUT2D eigenvalue weighted by atomic mass is 10.2. The highest BCUT2D eigenvalue weighted by molar-refractivity contribution is 9.10. The van der Waals surface area contributed by atoms with Gasteiger partial charge in [-0.15, -0.1) is 0 Å². The molecule has 7 heteroatoms. The van der Waals surface area contributed by atoms with Gasteiger partial charge in [-0.3, -0.25) is 10.1 Å². The van der Waals surface area contributed by atoms with Crippen LogP contribution in [0.15, 0.2) is 47.1 Å². The molecule has 4 nitrogen and oxygen atoms in total. The van der Waals surface area contributed by atoms with Gasteiger partial charge in [0.25, 0.3) is 5.91 Å². The molecule has 0 radical (unpaired) electrons. The molecule has 102 valence electrons. The normalized spacial score (nSPS) is 9.90. The molecule has 0 bridgehead atoms. The Morgan fingerprint density at radius 2 is 2.00 bits per heavy atom. The van der Waals surface area contributed by atoms with Crippen LogP contribution in [0.3, 0.4) is 0 Å². The van der Waals surface area contributed by atoms with Crippen LogP contribution in [-0.4, -0.2) is 16.0 Å². The van der Waals surface area contributed by atoms with Crippen molar-refractivity contribution in [2.24, 2.45) is 0 Å². The van der Waals surface area contributed by atoms with E-state index >= 15 is 0 Å². The smallest absolute Gasteiger partial charge is 0.258 e. The first-order valence-corrected chi connectivity index (χ1v) is 7.12. The van der Waals surface area contributed by atoms with Crippen LogP contribution in [0.4, 0.5) is 5.69 Å². The van der Waals surface area contributed by atoms with E-state index in [9.17, 15) is 4.79 Å². The van der Waals surface area contributed by atoms with Crippen LogP contribution in [0, 0.1) is 0 Å². The van der Waals surface area contributed by atoms with Crippen molar-refractivity contribution in [3.05, 3.63) is 57.8 Å². The number of hydrogen-bond acceptors (Lipinski definition) is 3. The number of amides is 1. The third-order valence-electron chi connectivity index (χ3n) is 2.33. The molecule has 0 aliphatic rings. The Balaban J connectivity index is 2.00. The van der Waals surface area contributed by atoms with Crippen LogP contribution in [-0.2, 0) is 0 Å². The maximum Gasteiger partial charge on any atom is 0.258 e. The molecule has 1 heterocycles. The first kappa shape index (κ1) is 14.9. The average Bonchev–Trinajstić information content (AvgIpc) is 2.41. The number of aromatic nitrogens is 1. The molecule has 0 aliphatic carbocycles. The second kappa shape index (κ2) is 6.78. The molecule has 0 atom stereocenters. The highest BCUT2D eigenvalue weighted by atomic mass is 79.9. The minimum absolute atomic E-state index is 0.190. The zero-order valence-corrected chi connectivity index (χ0v) is 13.2. The van der Waals surface area contributed by atoms with Gasteiger partial charge in [-0.2, -0.15) is 0 Å². The zero-order valence-electron chi connectivity index (χ0n) is 10.1. The minimum Gasteiger partial charge on any atom is -0.331 e. The number of carbonyl (C=O) groups excluding carboxylic acids is 1. The first-order chi connectivity index (χ1) is 9.56. The number of pyridine rings is 1. The summed E-state index contributed by atoms with van der Waals surface area (Å²) in [5.74, 6) is -0.295. The van der Waals surface area contributed by atoms with Crippen LogP contribution in [0.1, 0.15) is 10.4 Å². The Morgan fingerprint density at radius 3 is 2.65 bits per heavy atom. The second-order valence-electron chi connectivity index (χ2n) is 3.76. The van der Waals surface area contributed by atoms with Crippen molar-refractivity contribution in [3.8, 4) is 0 Å². The summed E-state index contributed by atoms with van der Waals surface area (Å²) in [5, 5.41) is 6.02.